The van der Waals surface area contributed by atoms with Crippen LogP contribution >= 0.6 is 0 Å². The molecule has 0 saturated heterocycles. The van der Waals surface area contributed by atoms with Crippen molar-refractivity contribution in [2.45, 2.75) is 59.1 Å². The Kier molecular flexibility index (Phi) is 5.66. The topological polar surface area (TPSA) is 21.3 Å². The summed E-state index contributed by atoms with van der Waals surface area (Å²) in [6, 6.07) is 4.50. The van der Waals surface area contributed by atoms with E-state index >= 15 is 0 Å². The van der Waals surface area contributed by atoms with Gasteiger partial charge in [-0.2, -0.15) is 0 Å². The minimum absolute atomic E-state index is 0.255. The summed E-state index contributed by atoms with van der Waals surface area (Å²) in [7, 11) is 0. The van der Waals surface area contributed by atoms with Gasteiger partial charge in [0.25, 0.3) is 0 Å². The largest absolute Gasteiger partial charge is 0.486 e. The molecule has 2 rings (SSSR count). The van der Waals surface area contributed by atoms with Crippen molar-refractivity contribution in [3.8, 4) is 5.75 Å². The van der Waals surface area contributed by atoms with Crippen molar-refractivity contribution in [3.05, 3.63) is 41.0 Å². The van der Waals surface area contributed by atoms with Gasteiger partial charge in [0.15, 0.2) is 0 Å². The fourth-order valence-electron chi connectivity index (χ4n) is 2.77. The summed E-state index contributed by atoms with van der Waals surface area (Å²) >= 11 is 0. The number of nitrogens with one attached hydrogen (secondary N) is 1. The van der Waals surface area contributed by atoms with Gasteiger partial charge in [0, 0.05) is 6.54 Å². The van der Waals surface area contributed by atoms with Gasteiger partial charge in [-0.25, -0.2) is 0 Å². The third kappa shape index (κ3) is 4.11. The third-order valence-electron chi connectivity index (χ3n) is 3.76. The van der Waals surface area contributed by atoms with Crippen molar-refractivity contribution >= 4 is 0 Å². The summed E-state index contributed by atoms with van der Waals surface area (Å²) in [5.74, 6) is 1.07. The average Bonchev–Trinajstić information content (AvgIpc) is 2.44. The van der Waals surface area contributed by atoms with E-state index in [1.807, 2.05) is 0 Å². The Morgan fingerprint density at radius 1 is 1.25 bits per heavy atom. The van der Waals surface area contributed by atoms with Crippen LogP contribution in [0.2, 0.25) is 0 Å². The predicted molar refractivity (Wildman–Crippen MR) is 85.3 cm³/mol. The van der Waals surface area contributed by atoms with Crippen LogP contribution in [-0.2, 0) is 6.54 Å². The lowest BCUT2D eigenvalue weighted by Crippen LogP contribution is -2.17. The minimum atomic E-state index is 0.255. The van der Waals surface area contributed by atoms with Crippen molar-refractivity contribution in [3.63, 3.8) is 0 Å². The van der Waals surface area contributed by atoms with Crippen LogP contribution in [0.1, 0.15) is 49.3 Å². The van der Waals surface area contributed by atoms with Gasteiger partial charge < -0.3 is 10.1 Å². The van der Waals surface area contributed by atoms with E-state index in [0.717, 1.165) is 25.3 Å². The van der Waals surface area contributed by atoms with E-state index in [1.54, 1.807) is 0 Å². The van der Waals surface area contributed by atoms with Gasteiger partial charge in [-0.3, -0.25) is 0 Å². The highest BCUT2D eigenvalue weighted by Crippen LogP contribution is 2.28. The number of hydrogen-bond acceptors (Lipinski definition) is 2. The highest BCUT2D eigenvalue weighted by atomic mass is 16.5. The first kappa shape index (κ1) is 15.1. The lowest BCUT2D eigenvalue weighted by Gasteiger charge is -2.22. The monoisotopic (exact) mass is 273 g/mol. The molecule has 1 aromatic rings. The van der Waals surface area contributed by atoms with Crippen LogP contribution in [-0.4, -0.2) is 12.6 Å². The van der Waals surface area contributed by atoms with Crippen LogP contribution in [0.4, 0.5) is 0 Å². The molecule has 0 aliphatic heterocycles. The third-order valence-corrected chi connectivity index (χ3v) is 3.76. The first-order chi connectivity index (χ1) is 9.70. The van der Waals surface area contributed by atoms with Crippen molar-refractivity contribution < 1.29 is 4.74 Å². The molecular weight excluding hydrogens is 246 g/mol. The molecule has 2 heteroatoms. The summed E-state index contributed by atoms with van der Waals surface area (Å²) in [5.41, 5.74) is 3.84. The Morgan fingerprint density at radius 2 is 2.00 bits per heavy atom. The maximum absolute atomic E-state index is 6.19. The van der Waals surface area contributed by atoms with Crippen molar-refractivity contribution in [2.24, 2.45) is 0 Å². The van der Waals surface area contributed by atoms with Gasteiger partial charge in [0.05, 0.1) is 0 Å². The predicted octanol–water partition coefficient (Wildman–Crippen LogP) is 4.29. The number of benzene rings is 1. The highest BCUT2D eigenvalue weighted by molar-refractivity contribution is 5.43. The smallest absolute Gasteiger partial charge is 0.126 e. The van der Waals surface area contributed by atoms with Crippen LogP contribution in [0, 0.1) is 13.8 Å². The Balaban J connectivity index is 2.05. The molecule has 0 fully saturated rings. The maximum Gasteiger partial charge on any atom is 0.126 e. The molecule has 1 N–H and O–H groups in total. The van der Waals surface area contributed by atoms with Gasteiger partial charge in [0.1, 0.15) is 11.9 Å². The standard InChI is InChI=1S/C18H27NO/c1-4-10-19-13-16-11-14(2)18(15(3)12-16)20-17-8-6-5-7-9-17/h6,8,11-12,17,19H,4-5,7,9-10,13H2,1-3H3. The Labute approximate surface area is 123 Å². The molecule has 2 nitrogen and oxygen atoms in total. The lowest BCUT2D eigenvalue weighted by molar-refractivity contribution is 0.227. The summed E-state index contributed by atoms with van der Waals surface area (Å²) in [6.07, 6.45) is 9.44. The van der Waals surface area contributed by atoms with Crippen LogP contribution in [0.5, 0.6) is 5.75 Å². The zero-order chi connectivity index (χ0) is 14.4. The van der Waals surface area contributed by atoms with Gasteiger partial charge in [-0.1, -0.05) is 25.1 Å². The molecule has 0 amide bonds. The van der Waals surface area contributed by atoms with Gasteiger partial charge in [-0.05, 0) is 68.8 Å². The fourth-order valence-corrected chi connectivity index (χ4v) is 2.77. The van der Waals surface area contributed by atoms with Crippen LogP contribution in [0.15, 0.2) is 24.3 Å². The van der Waals surface area contributed by atoms with Crippen LogP contribution in [0.25, 0.3) is 0 Å². The Hall–Kier alpha value is -1.28. The summed E-state index contributed by atoms with van der Waals surface area (Å²) in [5, 5.41) is 3.45. The second kappa shape index (κ2) is 7.49. The van der Waals surface area contributed by atoms with Gasteiger partial charge in [0.2, 0.25) is 0 Å². The zero-order valence-corrected chi connectivity index (χ0v) is 13.0. The molecule has 0 aromatic heterocycles. The Morgan fingerprint density at radius 3 is 2.60 bits per heavy atom. The number of ether oxygens (including phenoxy) is 1. The van der Waals surface area contributed by atoms with E-state index < -0.39 is 0 Å². The molecule has 110 valence electrons. The molecule has 1 aliphatic rings. The molecule has 0 radical (unpaired) electrons. The fraction of sp³-hybridized carbons (Fsp3) is 0.556. The quantitative estimate of drug-likeness (QED) is 0.616. The SMILES string of the molecule is CCCNCc1cc(C)c(OC2C=CCCC2)c(C)c1. The Bertz CT molecular complexity index is 441. The number of allylic oxidation sites excluding steroid dienone is 1. The summed E-state index contributed by atoms with van der Waals surface area (Å²) < 4.78 is 6.19. The van der Waals surface area contributed by atoms with Crippen LogP contribution in [0.3, 0.4) is 0 Å². The minimum Gasteiger partial charge on any atom is -0.486 e. The van der Waals surface area contributed by atoms with Crippen LogP contribution < -0.4 is 10.1 Å². The molecule has 0 bridgehead atoms. The summed E-state index contributed by atoms with van der Waals surface area (Å²) in [6.45, 7) is 8.51. The molecule has 0 saturated carbocycles. The van der Waals surface area contributed by atoms with E-state index in [9.17, 15) is 0 Å². The normalized spacial score (nSPS) is 18.2. The molecule has 1 atom stereocenters. The van der Waals surface area contributed by atoms with Crippen molar-refractivity contribution in [1.29, 1.82) is 0 Å². The molecular formula is C18H27NO. The first-order valence-corrected chi connectivity index (χ1v) is 7.85. The van der Waals surface area contributed by atoms with E-state index in [2.05, 4.69) is 50.4 Å². The second-order valence-corrected chi connectivity index (χ2v) is 5.75. The molecule has 1 unspecified atom stereocenters. The van der Waals surface area contributed by atoms with E-state index in [0.29, 0.717) is 0 Å². The number of aryl methyl sites for hydroxylation is 2. The summed E-state index contributed by atoms with van der Waals surface area (Å²) in [4.78, 5) is 0. The van der Waals surface area contributed by atoms with E-state index in [1.165, 1.54) is 36.0 Å². The van der Waals surface area contributed by atoms with Gasteiger partial charge >= 0.3 is 0 Å². The zero-order valence-electron chi connectivity index (χ0n) is 13.0. The second-order valence-electron chi connectivity index (χ2n) is 5.75. The first-order valence-electron chi connectivity index (χ1n) is 7.85. The lowest BCUT2D eigenvalue weighted by atomic mass is 10.0. The van der Waals surface area contributed by atoms with Crippen molar-refractivity contribution in [1.82, 2.24) is 5.32 Å². The van der Waals surface area contributed by atoms with E-state index in [4.69, 9.17) is 4.74 Å². The average molecular weight is 273 g/mol. The van der Waals surface area contributed by atoms with Crippen molar-refractivity contribution in [2.75, 3.05) is 6.54 Å². The highest BCUT2D eigenvalue weighted by Gasteiger charge is 2.13. The molecule has 0 spiro atoms. The number of rotatable bonds is 6. The molecule has 1 aromatic carbocycles. The molecule has 20 heavy (non-hydrogen) atoms. The maximum atomic E-state index is 6.19. The van der Waals surface area contributed by atoms with E-state index in [-0.39, 0.29) is 6.10 Å². The molecule has 0 heterocycles. The number of hydrogen-bond donors (Lipinski definition) is 1. The molecule has 1 aliphatic carbocycles. The van der Waals surface area contributed by atoms with Gasteiger partial charge in [-0.15, -0.1) is 0 Å².